The summed E-state index contributed by atoms with van der Waals surface area (Å²) in [6, 6.07) is 3.10. The summed E-state index contributed by atoms with van der Waals surface area (Å²) in [5.41, 5.74) is 4.37. The maximum atomic E-state index is 10.7. The van der Waals surface area contributed by atoms with Crippen LogP contribution in [-0.4, -0.2) is 54.0 Å². The second-order valence-corrected chi connectivity index (χ2v) is 5.56. The summed E-state index contributed by atoms with van der Waals surface area (Å²) >= 11 is 0. The molecule has 6 heteroatoms. The van der Waals surface area contributed by atoms with E-state index in [4.69, 9.17) is 10.5 Å². The average molecular weight is 281 g/mol. The summed E-state index contributed by atoms with van der Waals surface area (Å²) < 4.78 is 4.97. The average Bonchev–Trinajstić information content (AvgIpc) is 2.41. The van der Waals surface area contributed by atoms with Crippen LogP contribution in [0.25, 0.3) is 0 Å². The molecule has 0 saturated carbocycles. The first kappa shape index (κ1) is 14.9. The van der Waals surface area contributed by atoms with Crippen molar-refractivity contribution in [2.75, 3.05) is 26.2 Å². The zero-order valence-electron chi connectivity index (χ0n) is 11.7. The predicted octanol–water partition coefficient (Wildman–Crippen LogP) is 0.0116. The molecule has 0 radical (unpaired) electrons. The molecular formula is C14H23N3O3. The number of piperidine rings is 2. The lowest BCUT2D eigenvalue weighted by molar-refractivity contribution is 0.0152. The monoisotopic (exact) mass is 281 g/mol. The van der Waals surface area contributed by atoms with Crippen LogP contribution in [0.2, 0.25) is 0 Å². The van der Waals surface area contributed by atoms with Gasteiger partial charge in [0.2, 0.25) is 0 Å². The standard InChI is InChI=1S/C14H23N3O3/c15-13(18)20-12-2-10-17(11-3-12)9-1-4-14(19)5-7-16-8-6-14/h12,16,19H,2-8,10-11H2,(H2,15,18). The van der Waals surface area contributed by atoms with E-state index in [1.54, 1.807) is 0 Å². The summed E-state index contributed by atoms with van der Waals surface area (Å²) in [4.78, 5) is 12.7. The Labute approximate surface area is 119 Å². The van der Waals surface area contributed by atoms with E-state index in [-0.39, 0.29) is 6.10 Å². The van der Waals surface area contributed by atoms with Gasteiger partial charge in [0.15, 0.2) is 0 Å². The summed E-state index contributed by atoms with van der Waals surface area (Å²) in [5, 5.41) is 13.5. The molecule has 2 heterocycles. The molecule has 2 aliphatic rings. The third-order valence-corrected chi connectivity index (χ3v) is 3.91. The van der Waals surface area contributed by atoms with Gasteiger partial charge in [-0.3, -0.25) is 0 Å². The molecule has 0 spiro atoms. The molecule has 112 valence electrons. The maximum Gasteiger partial charge on any atom is 0.404 e. The Balaban J connectivity index is 1.73. The third kappa shape index (κ3) is 4.58. The van der Waals surface area contributed by atoms with Crippen molar-refractivity contribution in [1.82, 2.24) is 10.2 Å². The second kappa shape index (κ2) is 6.82. The van der Waals surface area contributed by atoms with Crippen LogP contribution in [-0.2, 0) is 4.74 Å². The lowest BCUT2D eigenvalue weighted by Crippen LogP contribution is -2.41. The number of nitrogens with one attached hydrogen (secondary N) is 1. The van der Waals surface area contributed by atoms with Crippen LogP contribution in [0.3, 0.4) is 0 Å². The first-order valence-corrected chi connectivity index (χ1v) is 7.20. The molecule has 2 aliphatic heterocycles. The van der Waals surface area contributed by atoms with E-state index in [0.29, 0.717) is 6.42 Å². The fourth-order valence-corrected chi connectivity index (χ4v) is 2.63. The van der Waals surface area contributed by atoms with Crippen LogP contribution in [0.4, 0.5) is 4.79 Å². The molecule has 0 aliphatic carbocycles. The zero-order chi connectivity index (χ0) is 14.4. The molecule has 1 amide bonds. The Hall–Kier alpha value is -1.45. The fourth-order valence-electron chi connectivity index (χ4n) is 2.63. The highest BCUT2D eigenvalue weighted by Gasteiger charge is 2.28. The van der Waals surface area contributed by atoms with Gasteiger partial charge >= 0.3 is 6.09 Å². The quantitative estimate of drug-likeness (QED) is 0.621. The van der Waals surface area contributed by atoms with Gasteiger partial charge in [-0.15, -0.1) is 0 Å². The van der Waals surface area contributed by atoms with Crippen molar-refractivity contribution in [3.8, 4) is 12.0 Å². The molecular weight excluding hydrogens is 258 g/mol. The van der Waals surface area contributed by atoms with Crippen LogP contribution in [0, 0.1) is 12.0 Å². The van der Waals surface area contributed by atoms with E-state index in [2.05, 4.69) is 17.3 Å². The molecule has 0 aromatic carbocycles. The number of likely N-dealkylation sites (tertiary alicyclic amines) is 1. The molecule has 0 aromatic rings. The normalized spacial score (nSPS) is 22.8. The van der Waals surface area contributed by atoms with E-state index < -0.39 is 11.7 Å². The van der Waals surface area contributed by atoms with Gasteiger partial charge in [-0.05, 0) is 25.9 Å². The van der Waals surface area contributed by atoms with Gasteiger partial charge in [-0.2, -0.15) is 0 Å². The van der Waals surface area contributed by atoms with Gasteiger partial charge in [-0.1, -0.05) is 5.92 Å². The molecule has 6 nitrogen and oxygen atoms in total. The van der Waals surface area contributed by atoms with Crippen LogP contribution < -0.4 is 11.1 Å². The highest BCUT2D eigenvalue weighted by molar-refractivity contribution is 5.64. The Morgan fingerprint density at radius 1 is 1.40 bits per heavy atom. The van der Waals surface area contributed by atoms with Gasteiger partial charge in [0.05, 0.1) is 5.60 Å². The largest absolute Gasteiger partial charge is 0.446 e. The third-order valence-electron chi connectivity index (χ3n) is 3.91. The molecule has 2 saturated heterocycles. The van der Waals surface area contributed by atoms with Crippen molar-refractivity contribution in [2.24, 2.45) is 5.73 Å². The molecule has 0 aromatic heterocycles. The van der Waals surface area contributed by atoms with E-state index in [0.717, 1.165) is 51.9 Å². The maximum absolute atomic E-state index is 10.7. The van der Waals surface area contributed by atoms with Crippen molar-refractivity contribution in [1.29, 1.82) is 0 Å². The fraction of sp³-hybridized carbons (Fsp3) is 0.786. The molecule has 4 N–H and O–H groups in total. The van der Waals surface area contributed by atoms with Crippen LogP contribution >= 0.6 is 0 Å². The van der Waals surface area contributed by atoms with Gasteiger partial charge in [0.25, 0.3) is 0 Å². The SMILES string of the molecule is NC(=O)OC1CCN(C#CCC2(O)CCNCC2)CC1. The predicted molar refractivity (Wildman–Crippen MR) is 74.7 cm³/mol. The number of carbonyl (C=O) groups is 1. The number of nitrogens with zero attached hydrogens (tertiary/aromatic N) is 1. The minimum Gasteiger partial charge on any atom is -0.446 e. The number of hydrogen-bond acceptors (Lipinski definition) is 5. The Morgan fingerprint density at radius 3 is 2.65 bits per heavy atom. The topological polar surface area (TPSA) is 87.8 Å². The van der Waals surface area contributed by atoms with Gasteiger partial charge in [0, 0.05) is 38.4 Å². The molecule has 0 bridgehead atoms. The van der Waals surface area contributed by atoms with E-state index in [9.17, 15) is 9.90 Å². The highest BCUT2D eigenvalue weighted by atomic mass is 16.6. The number of hydrogen-bond donors (Lipinski definition) is 3. The van der Waals surface area contributed by atoms with E-state index in [1.807, 2.05) is 4.90 Å². The summed E-state index contributed by atoms with van der Waals surface area (Å²) in [5.74, 6) is 3.09. The zero-order valence-corrected chi connectivity index (χ0v) is 11.7. The lowest BCUT2D eigenvalue weighted by atomic mass is 9.89. The molecule has 0 atom stereocenters. The van der Waals surface area contributed by atoms with E-state index in [1.165, 1.54) is 0 Å². The van der Waals surface area contributed by atoms with E-state index >= 15 is 0 Å². The van der Waals surface area contributed by atoms with Crippen LogP contribution in [0.5, 0.6) is 0 Å². The number of ether oxygens (including phenoxy) is 1. The smallest absolute Gasteiger partial charge is 0.404 e. The Morgan fingerprint density at radius 2 is 2.05 bits per heavy atom. The van der Waals surface area contributed by atoms with Gasteiger partial charge in [0.1, 0.15) is 6.10 Å². The molecule has 2 fully saturated rings. The second-order valence-electron chi connectivity index (χ2n) is 5.56. The number of rotatable bonds is 2. The summed E-state index contributed by atoms with van der Waals surface area (Å²) in [6.45, 7) is 3.25. The van der Waals surface area contributed by atoms with Crippen LogP contribution in [0.1, 0.15) is 32.1 Å². The van der Waals surface area contributed by atoms with Gasteiger partial charge < -0.3 is 25.8 Å². The molecule has 20 heavy (non-hydrogen) atoms. The minimum absolute atomic E-state index is 0.0841. The Kier molecular flexibility index (Phi) is 5.10. The number of primary amides is 1. The summed E-state index contributed by atoms with van der Waals surface area (Å²) in [7, 11) is 0. The summed E-state index contributed by atoms with van der Waals surface area (Å²) in [6.07, 6.45) is 2.76. The number of nitrogens with two attached hydrogens (primary N) is 1. The molecule has 0 unspecified atom stereocenters. The van der Waals surface area contributed by atoms with Crippen molar-refractivity contribution >= 4 is 6.09 Å². The van der Waals surface area contributed by atoms with Crippen molar-refractivity contribution in [3.63, 3.8) is 0 Å². The number of carbonyl (C=O) groups excluding carboxylic acids is 1. The van der Waals surface area contributed by atoms with Crippen molar-refractivity contribution in [3.05, 3.63) is 0 Å². The molecule has 2 rings (SSSR count). The lowest BCUT2D eigenvalue weighted by Gasteiger charge is -2.31. The minimum atomic E-state index is -0.706. The van der Waals surface area contributed by atoms with Crippen LogP contribution in [0.15, 0.2) is 0 Å². The highest BCUT2D eigenvalue weighted by Crippen LogP contribution is 2.21. The Bertz CT molecular complexity index is 388. The van der Waals surface area contributed by atoms with Crippen molar-refractivity contribution in [2.45, 2.75) is 43.8 Å². The number of amides is 1. The van der Waals surface area contributed by atoms with Gasteiger partial charge in [-0.25, -0.2) is 4.79 Å². The first-order chi connectivity index (χ1) is 9.57. The number of aliphatic hydroxyl groups is 1. The first-order valence-electron chi connectivity index (χ1n) is 7.20. The van der Waals surface area contributed by atoms with Crippen molar-refractivity contribution < 1.29 is 14.6 Å².